The average Bonchev–Trinajstić information content (AvgIpc) is 3.42. The summed E-state index contributed by atoms with van der Waals surface area (Å²) >= 11 is 0. The summed E-state index contributed by atoms with van der Waals surface area (Å²) in [6.45, 7) is 14.4. The fourth-order valence-electron chi connectivity index (χ4n) is 5.06. The second-order valence-corrected chi connectivity index (χ2v) is 11.0. The molecule has 174 valence electrons. The molecule has 33 heavy (non-hydrogen) atoms. The van der Waals surface area contributed by atoms with E-state index in [0.29, 0.717) is 12.0 Å². The molecule has 6 nitrogen and oxygen atoms in total. The SMILES string of the molecule is B=S1CCC(=C)/C1=C(\N=C(/C)N1CCC(c2noc3ccccc23)CC1)NC1CCOCC1. The molecule has 0 radical (unpaired) electrons. The van der Waals surface area contributed by atoms with E-state index in [0.717, 1.165) is 92.5 Å². The molecule has 1 atom stereocenters. The van der Waals surface area contributed by atoms with Crippen LogP contribution in [0.5, 0.6) is 0 Å². The van der Waals surface area contributed by atoms with E-state index in [-0.39, 0.29) is 10.3 Å². The molecule has 1 aromatic heterocycles. The number of nitrogens with zero attached hydrogens (tertiary/aromatic N) is 3. The fourth-order valence-corrected chi connectivity index (χ4v) is 6.65. The predicted octanol–water partition coefficient (Wildman–Crippen LogP) is 4.41. The zero-order chi connectivity index (χ0) is 22.8. The number of ether oxygens (including phenoxy) is 1. The van der Waals surface area contributed by atoms with E-state index in [4.69, 9.17) is 14.3 Å². The van der Waals surface area contributed by atoms with Crippen LogP contribution in [0, 0.1) is 0 Å². The summed E-state index contributed by atoms with van der Waals surface area (Å²) in [7, 11) is -0.0440. The number of allylic oxidation sites excluding steroid dienone is 1. The number of aliphatic imine (C=N–C) groups is 1. The van der Waals surface area contributed by atoms with E-state index in [2.05, 4.69) is 47.7 Å². The number of rotatable bonds is 4. The molecule has 1 N–H and O–H groups in total. The molecule has 1 aromatic carbocycles. The summed E-state index contributed by atoms with van der Waals surface area (Å²) in [5, 5.41) is 9.30. The number of piperidine rings is 1. The molecule has 3 fully saturated rings. The van der Waals surface area contributed by atoms with E-state index in [1.165, 1.54) is 10.5 Å². The quantitative estimate of drug-likeness (QED) is 0.413. The van der Waals surface area contributed by atoms with E-state index >= 15 is 0 Å². The summed E-state index contributed by atoms with van der Waals surface area (Å²) < 4.78 is 11.1. The number of hydrogen-bond acceptors (Lipinski definition) is 5. The van der Waals surface area contributed by atoms with Gasteiger partial charge in [0.25, 0.3) is 0 Å². The standard InChI is InChI=1S/C25H33BN4O2S/c1-17-11-16-33(26)24(17)25(28-20-9-14-31-15-10-20)27-18(2)30-12-7-19(8-13-30)23-21-5-3-4-6-22(21)32-29-23/h3-6,19-20,26,28H,1,7-16H2,2H3/b25-24-,27-18+. The number of amidine groups is 1. The third kappa shape index (κ3) is 4.87. The fraction of sp³-hybridized carbons (Fsp3) is 0.520. The van der Waals surface area contributed by atoms with Gasteiger partial charge in [0.05, 0.1) is 0 Å². The van der Waals surface area contributed by atoms with Crippen molar-refractivity contribution in [1.82, 2.24) is 15.4 Å². The van der Waals surface area contributed by atoms with E-state index < -0.39 is 0 Å². The Labute approximate surface area is 199 Å². The second kappa shape index (κ2) is 9.98. The van der Waals surface area contributed by atoms with Gasteiger partial charge in [-0.25, -0.2) is 0 Å². The molecule has 3 aliphatic heterocycles. The molecule has 0 amide bonds. The van der Waals surface area contributed by atoms with Crippen molar-refractivity contribution in [3.05, 3.63) is 52.8 Å². The number of para-hydroxylation sites is 1. The number of fused-ring (bicyclic) bond motifs is 1. The first kappa shape index (κ1) is 22.6. The molecule has 0 saturated carbocycles. The van der Waals surface area contributed by atoms with Gasteiger partial charge < -0.3 is 0 Å². The topological polar surface area (TPSA) is 62.9 Å². The van der Waals surface area contributed by atoms with Gasteiger partial charge in [0.2, 0.25) is 0 Å². The average molecular weight is 464 g/mol. The van der Waals surface area contributed by atoms with Crippen molar-refractivity contribution < 1.29 is 9.26 Å². The molecule has 3 saturated heterocycles. The van der Waals surface area contributed by atoms with Crippen molar-refractivity contribution in [2.24, 2.45) is 4.99 Å². The second-order valence-electron chi connectivity index (χ2n) is 9.24. The monoisotopic (exact) mass is 464 g/mol. The number of benzene rings is 1. The Bertz CT molecular complexity index is 1090. The molecule has 2 aromatic rings. The van der Waals surface area contributed by atoms with Gasteiger partial charge >= 0.3 is 181 Å². The van der Waals surface area contributed by atoms with Crippen LogP contribution in [0.4, 0.5) is 0 Å². The van der Waals surface area contributed by atoms with Crippen molar-refractivity contribution in [2.75, 3.05) is 32.1 Å². The minimum absolute atomic E-state index is 0.0440. The summed E-state index contributed by atoms with van der Waals surface area (Å²) in [4.78, 5) is 8.80. The van der Waals surface area contributed by atoms with Gasteiger partial charge in [-0.15, -0.1) is 0 Å². The third-order valence-corrected chi connectivity index (χ3v) is 8.81. The maximum atomic E-state index is 5.55. The zero-order valence-electron chi connectivity index (χ0n) is 19.5. The van der Waals surface area contributed by atoms with Gasteiger partial charge in [0.15, 0.2) is 0 Å². The Morgan fingerprint density at radius 2 is 1.97 bits per heavy atom. The van der Waals surface area contributed by atoms with Crippen LogP contribution in [0.1, 0.15) is 50.6 Å². The van der Waals surface area contributed by atoms with Crippen LogP contribution >= 0.6 is 10.3 Å². The number of hydrogen-bond donors (Lipinski definition) is 1. The number of likely N-dealkylation sites (tertiary alicyclic amines) is 1. The molecular formula is C25H33BN4O2S. The van der Waals surface area contributed by atoms with Gasteiger partial charge in [0, 0.05) is 0 Å². The third-order valence-electron chi connectivity index (χ3n) is 7.06. The molecule has 8 heteroatoms. The van der Waals surface area contributed by atoms with Crippen molar-refractivity contribution in [2.45, 2.75) is 51.0 Å². The summed E-state index contributed by atoms with van der Waals surface area (Å²) in [5.41, 5.74) is 3.17. The Hall–Kier alpha value is -2.19. The first-order valence-corrected chi connectivity index (χ1v) is 13.6. The molecule has 0 bridgehead atoms. The number of nitrogens with one attached hydrogen (secondary N) is 1. The Morgan fingerprint density at radius 1 is 1.21 bits per heavy atom. The summed E-state index contributed by atoms with van der Waals surface area (Å²) in [6.07, 6.45) is 5.15. The van der Waals surface area contributed by atoms with Gasteiger partial charge in [0.1, 0.15) is 0 Å². The minimum atomic E-state index is -0.0440. The zero-order valence-corrected chi connectivity index (χ0v) is 20.3. The van der Waals surface area contributed by atoms with E-state index in [1.54, 1.807) is 0 Å². The van der Waals surface area contributed by atoms with E-state index in [9.17, 15) is 0 Å². The van der Waals surface area contributed by atoms with E-state index in [1.807, 2.05) is 12.1 Å². The van der Waals surface area contributed by atoms with Crippen molar-refractivity contribution in [3.63, 3.8) is 0 Å². The molecule has 5 rings (SSSR count). The Balaban J connectivity index is 1.32. The number of aromatic nitrogens is 1. The van der Waals surface area contributed by atoms with Crippen LogP contribution in [0.25, 0.3) is 11.0 Å². The maximum absolute atomic E-state index is 5.55. The molecule has 3 aliphatic rings. The summed E-state index contributed by atoms with van der Waals surface area (Å²) in [6, 6.07) is 8.56. The Kier molecular flexibility index (Phi) is 6.83. The Morgan fingerprint density at radius 3 is 2.70 bits per heavy atom. The first-order chi connectivity index (χ1) is 16.1. The van der Waals surface area contributed by atoms with Gasteiger partial charge in [-0.3, -0.25) is 0 Å². The van der Waals surface area contributed by atoms with Crippen LogP contribution in [-0.2, 0) is 4.74 Å². The van der Waals surface area contributed by atoms with Crippen LogP contribution in [0.3, 0.4) is 0 Å². The summed E-state index contributed by atoms with van der Waals surface area (Å²) in [5.74, 6) is 3.57. The molecular weight excluding hydrogens is 431 g/mol. The molecule has 0 spiro atoms. The predicted molar refractivity (Wildman–Crippen MR) is 138 cm³/mol. The van der Waals surface area contributed by atoms with Crippen LogP contribution in [-0.4, -0.2) is 60.7 Å². The van der Waals surface area contributed by atoms with Crippen LogP contribution in [0.15, 0.2) is 56.7 Å². The normalized spacial score (nSPS) is 25.1. The van der Waals surface area contributed by atoms with Crippen molar-refractivity contribution in [1.29, 1.82) is 0 Å². The van der Waals surface area contributed by atoms with Gasteiger partial charge in [-0.1, -0.05) is 12.1 Å². The van der Waals surface area contributed by atoms with Crippen LogP contribution in [0.2, 0.25) is 0 Å². The van der Waals surface area contributed by atoms with Crippen molar-refractivity contribution in [3.8, 4) is 0 Å². The van der Waals surface area contributed by atoms with Crippen molar-refractivity contribution >= 4 is 33.8 Å². The van der Waals surface area contributed by atoms with Gasteiger partial charge in [-0.05, 0) is 6.07 Å². The van der Waals surface area contributed by atoms with Gasteiger partial charge in [-0.2, -0.15) is 0 Å². The molecule has 1 unspecified atom stereocenters. The molecule has 4 heterocycles. The molecule has 0 aliphatic carbocycles. The van der Waals surface area contributed by atoms with Crippen LogP contribution < -0.4 is 5.32 Å². The first-order valence-electron chi connectivity index (χ1n) is 12.0.